The van der Waals surface area contributed by atoms with Crippen LogP contribution in [0.1, 0.15) is 32.6 Å². The number of likely N-dealkylation sites (tertiary alicyclic amines) is 2. The number of para-hydroxylation sites is 1. The van der Waals surface area contributed by atoms with Crippen LogP contribution in [0.5, 0.6) is 5.75 Å². The van der Waals surface area contributed by atoms with Gasteiger partial charge in [-0.3, -0.25) is 4.90 Å². The Morgan fingerprint density at radius 3 is 2.39 bits per heavy atom. The SMILES string of the molecule is C[C@H](COc1ccccc1)N1CCC(O)(CN2CCCC2)CC1. The van der Waals surface area contributed by atoms with Crippen molar-refractivity contribution in [1.82, 2.24) is 9.80 Å². The zero-order valence-corrected chi connectivity index (χ0v) is 14.3. The first kappa shape index (κ1) is 16.7. The highest BCUT2D eigenvalue weighted by molar-refractivity contribution is 5.20. The topological polar surface area (TPSA) is 35.9 Å². The number of hydrogen-bond donors (Lipinski definition) is 1. The lowest BCUT2D eigenvalue weighted by Crippen LogP contribution is -2.53. The van der Waals surface area contributed by atoms with Crippen LogP contribution in [0.4, 0.5) is 0 Å². The van der Waals surface area contributed by atoms with Crippen molar-refractivity contribution in [2.75, 3.05) is 39.3 Å². The van der Waals surface area contributed by atoms with E-state index < -0.39 is 5.60 Å². The monoisotopic (exact) mass is 318 g/mol. The van der Waals surface area contributed by atoms with Crippen LogP contribution in [-0.2, 0) is 0 Å². The van der Waals surface area contributed by atoms with Crippen molar-refractivity contribution in [3.63, 3.8) is 0 Å². The summed E-state index contributed by atoms with van der Waals surface area (Å²) in [5.41, 5.74) is -0.485. The zero-order chi connectivity index (χ0) is 16.1. The molecule has 3 rings (SSSR count). The zero-order valence-electron chi connectivity index (χ0n) is 14.3. The van der Waals surface area contributed by atoms with Crippen molar-refractivity contribution in [2.24, 2.45) is 0 Å². The molecule has 0 unspecified atom stereocenters. The fraction of sp³-hybridized carbons (Fsp3) is 0.684. The fourth-order valence-corrected chi connectivity index (χ4v) is 3.74. The highest BCUT2D eigenvalue weighted by Gasteiger charge is 2.35. The quantitative estimate of drug-likeness (QED) is 0.873. The predicted molar refractivity (Wildman–Crippen MR) is 92.8 cm³/mol. The van der Waals surface area contributed by atoms with Crippen LogP contribution in [-0.4, -0.2) is 65.9 Å². The molecule has 1 aromatic rings. The van der Waals surface area contributed by atoms with E-state index in [1.165, 1.54) is 12.8 Å². The first-order chi connectivity index (χ1) is 11.1. The number of nitrogens with zero attached hydrogens (tertiary/aromatic N) is 2. The standard InChI is InChI=1S/C19H30N2O2/c1-17(15-23-18-7-3-2-4-8-18)21-13-9-19(22,10-14-21)16-20-11-5-6-12-20/h2-4,7-8,17,22H,5-6,9-16H2,1H3/t17-/m1/s1. The largest absolute Gasteiger partial charge is 0.492 e. The third-order valence-corrected chi connectivity index (χ3v) is 5.30. The second-order valence-electron chi connectivity index (χ2n) is 7.22. The molecule has 4 nitrogen and oxygen atoms in total. The molecule has 128 valence electrons. The lowest BCUT2D eigenvalue weighted by Gasteiger charge is -2.42. The van der Waals surface area contributed by atoms with Gasteiger partial charge in [-0.2, -0.15) is 0 Å². The maximum atomic E-state index is 10.8. The van der Waals surface area contributed by atoms with E-state index >= 15 is 0 Å². The molecule has 0 amide bonds. The lowest BCUT2D eigenvalue weighted by molar-refractivity contribution is -0.0509. The number of β-amino-alcohol motifs (C(OH)–C–C–N with tert-alkyl or cyclic N) is 1. The van der Waals surface area contributed by atoms with Crippen LogP contribution in [0.25, 0.3) is 0 Å². The number of aliphatic hydroxyl groups is 1. The first-order valence-corrected chi connectivity index (χ1v) is 9.01. The molecule has 0 spiro atoms. The summed E-state index contributed by atoms with van der Waals surface area (Å²) in [6.45, 7) is 8.02. The van der Waals surface area contributed by atoms with E-state index in [-0.39, 0.29) is 0 Å². The van der Waals surface area contributed by atoms with Gasteiger partial charge in [0.05, 0.1) is 5.60 Å². The molecular formula is C19H30N2O2. The van der Waals surface area contributed by atoms with E-state index in [1.807, 2.05) is 30.3 Å². The van der Waals surface area contributed by atoms with Crippen LogP contribution in [0.15, 0.2) is 30.3 Å². The van der Waals surface area contributed by atoms with Crippen molar-refractivity contribution in [3.8, 4) is 5.75 Å². The Kier molecular flexibility index (Phi) is 5.57. The van der Waals surface area contributed by atoms with Gasteiger partial charge < -0.3 is 14.7 Å². The normalized spacial score (nSPS) is 23.7. The fourth-order valence-electron chi connectivity index (χ4n) is 3.74. The summed E-state index contributed by atoms with van der Waals surface area (Å²) in [7, 11) is 0. The van der Waals surface area contributed by atoms with Gasteiger partial charge in [-0.1, -0.05) is 18.2 Å². The Hall–Kier alpha value is -1.10. The third-order valence-electron chi connectivity index (χ3n) is 5.30. The van der Waals surface area contributed by atoms with Gasteiger partial charge in [0.25, 0.3) is 0 Å². The third kappa shape index (κ3) is 4.69. The minimum Gasteiger partial charge on any atom is -0.492 e. The Bertz CT molecular complexity index is 466. The predicted octanol–water partition coefficient (Wildman–Crippen LogP) is 2.38. The summed E-state index contributed by atoms with van der Waals surface area (Å²) in [5, 5.41) is 10.8. The molecule has 0 saturated carbocycles. The molecule has 2 saturated heterocycles. The van der Waals surface area contributed by atoms with E-state index in [0.717, 1.165) is 51.3 Å². The molecule has 2 fully saturated rings. The second kappa shape index (κ2) is 7.65. The minimum atomic E-state index is -0.485. The summed E-state index contributed by atoms with van der Waals surface area (Å²) in [6, 6.07) is 10.4. The Balaban J connectivity index is 1.42. The molecule has 2 aliphatic rings. The molecule has 1 N–H and O–H groups in total. The first-order valence-electron chi connectivity index (χ1n) is 9.01. The maximum absolute atomic E-state index is 10.8. The molecule has 23 heavy (non-hydrogen) atoms. The van der Waals surface area contributed by atoms with E-state index in [4.69, 9.17) is 4.74 Å². The molecule has 4 heteroatoms. The van der Waals surface area contributed by atoms with Crippen LogP contribution in [0, 0.1) is 0 Å². The summed E-state index contributed by atoms with van der Waals surface area (Å²) < 4.78 is 5.87. The average molecular weight is 318 g/mol. The van der Waals surface area contributed by atoms with E-state index in [9.17, 15) is 5.11 Å². The highest BCUT2D eigenvalue weighted by Crippen LogP contribution is 2.26. The summed E-state index contributed by atoms with van der Waals surface area (Å²) in [4.78, 5) is 4.87. The van der Waals surface area contributed by atoms with Gasteiger partial charge in [0, 0.05) is 25.7 Å². The molecule has 2 aliphatic heterocycles. The molecular weight excluding hydrogens is 288 g/mol. The highest BCUT2D eigenvalue weighted by atomic mass is 16.5. The smallest absolute Gasteiger partial charge is 0.119 e. The van der Waals surface area contributed by atoms with Crippen molar-refractivity contribution in [3.05, 3.63) is 30.3 Å². The van der Waals surface area contributed by atoms with Crippen LogP contribution in [0.3, 0.4) is 0 Å². The molecule has 0 aliphatic carbocycles. The van der Waals surface area contributed by atoms with E-state index in [1.54, 1.807) is 0 Å². The molecule has 0 aromatic heterocycles. The summed E-state index contributed by atoms with van der Waals surface area (Å²) >= 11 is 0. The van der Waals surface area contributed by atoms with Crippen molar-refractivity contribution in [1.29, 1.82) is 0 Å². The van der Waals surface area contributed by atoms with Gasteiger partial charge in [-0.05, 0) is 57.8 Å². The number of benzene rings is 1. The molecule has 1 atom stereocenters. The Morgan fingerprint density at radius 2 is 1.74 bits per heavy atom. The minimum absolute atomic E-state index is 0.381. The molecule has 2 heterocycles. The summed E-state index contributed by atoms with van der Waals surface area (Å²) in [5.74, 6) is 0.932. The van der Waals surface area contributed by atoms with Gasteiger partial charge >= 0.3 is 0 Å². The van der Waals surface area contributed by atoms with Gasteiger partial charge in [0.1, 0.15) is 12.4 Å². The van der Waals surface area contributed by atoms with Crippen molar-refractivity contribution >= 4 is 0 Å². The molecule has 1 aromatic carbocycles. The second-order valence-corrected chi connectivity index (χ2v) is 7.22. The number of ether oxygens (including phenoxy) is 1. The Labute approximate surface area is 140 Å². The van der Waals surface area contributed by atoms with Crippen molar-refractivity contribution < 1.29 is 9.84 Å². The average Bonchev–Trinajstić information content (AvgIpc) is 3.06. The number of rotatable bonds is 6. The van der Waals surface area contributed by atoms with Crippen LogP contribution >= 0.6 is 0 Å². The van der Waals surface area contributed by atoms with Gasteiger partial charge in [0.15, 0.2) is 0 Å². The summed E-state index contributed by atoms with van der Waals surface area (Å²) in [6.07, 6.45) is 4.32. The van der Waals surface area contributed by atoms with E-state index in [0.29, 0.717) is 12.6 Å². The molecule has 0 bridgehead atoms. The van der Waals surface area contributed by atoms with Crippen LogP contribution < -0.4 is 4.74 Å². The van der Waals surface area contributed by atoms with Crippen molar-refractivity contribution in [2.45, 2.75) is 44.2 Å². The lowest BCUT2D eigenvalue weighted by atomic mass is 9.90. The van der Waals surface area contributed by atoms with Crippen LogP contribution in [0.2, 0.25) is 0 Å². The van der Waals surface area contributed by atoms with Gasteiger partial charge in [-0.15, -0.1) is 0 Å². The number of hydrogen-bond acceptors (Lipinski definition) is 4. The Morgan fingerprint density at radius 1 is 1.09 bits per heavy atom. The number of piperidine rings is 1. The van der Waals surface area contributed by atoms with Gasteiger partial charge in [-0.25, -0.2) is 0 Å². The maximum Gasteiger partial charge on any atom is 0.119 e. The van der Waals surface area contributed by atoms with Gasteiger partial charge in [0.2, 0.25) is 0 Å². The molecule has 0 radical (unpaired) electrons. The van der Waals surface area contributed by atoms with E-state index in [2.05, 4.69) is 16.7 Å².